The van der Waals surface area contributed by atoms with Gasteiger partial charge in [-0.25, -0.2) is 4.79 Å². The molecular formula is C16H25N3O2. The second kappa shape index (κ2) is 8.00. The molecule has 1 aromatic rings. The van der Waals surface area contributed by atoms with Gasteiger partial charge in [-0.1, -0.05) is 30.3 Å². The maximum atomic E-state index is 12.0. The van der Waals surface area contributed by atoms with Crippen molar-refractivity contribution in [2.75, 3.05) is 39.8 Å². The molecule has 1 aliphatic rings. The first-order valence-corrected chi connectivity index (χ1v) is 7.53. The molecule has 21 heavy (non-hydrogen) atoms. The van der Waals surface area contributed by atoms with Crippen LogP contribution in [-0.4, -0.2) is 55.7 Å². The number of benzene rings is 1. The second-order valence-electron chi connectivity index (χ2n) is 5.66. The van der Waals surface area contributed by atoms with Gasteiger partial charge in [0.05, 0.1) is 0 Å². The molecule has 1 aliphatic heterocycles. The molecule has 5 heteroatoms. The zero-order chi connectivity index (χ0) is 15.1. The van der Waals surface area contributed by atoms with Crippen LogP contribution in [0.3, 0.4) is 0 Å². The summed E-state index contributed by atoms with van der Waals surface area (Å²) in [5.41, 5.74) is 6.58. The normalized spacial score (nSPS) is 18.7. The first kappa shape index (κ1) is 15.8. The molecule has 1 aromatic carbocycles. The maximum Gasteiger partial charge on any atom is 0.409 e. The Labute approximate surface area is 126 Å². The minimum Gasteiger partial charge on any atom is -0.445 e. The number of hydrogen-bond acceptors (Lipinski definition) is 4. The van der Waals surface area contributed by atoms with Crippen molar-refractivity contribution in [1.82, 2.24) is 9.80 Å². The van der Waals surface area contributed by atoms with Crippen molar-refractivity contribution in [1.29, 1.82) is 0 Å². The van der Waals surface area contributed by atoms with E-state index < -0.39 is 0 Å². The van der Waals surface area contributed by atoms with Crippen LogP contribution >= 0.6 is 0 Å². The van der Waals surface area contributed by atoms with Gasteiger partial charge >= 0.3 is 6.09 Å². The van der Waals surface area contributed by atoms with E-state index in [0.717, 1.165) is 38.2 Å². The quantitative estimate of drug-likeness (QED) is 0.863. The molecule has 0 radical (unpaired) electrons. The summed E-state index contributed by atoms with van der Waals surface area (Å²) in [5.74, 6) is 0.519. The van der Waals surface area contributed by atoms with Gasteiger partial charge in [-0.15, -0.1) is 0 Å². The Morgan fingerprint density at radius 2 is 2.19 bits per heavy atom. The Morgan fingerprint density at radius 1 is 1.43 bits per heavy atom. The number of nitrogens with two attached hydrogens (primary N) is 1. The number of ether oxygens (including phenoxy) is 1. The minimum absolute atomic E-state index is 0.254. The fraction of sp³-hybridized carbons (Fsp3) is 0.562. The zero-order valence-electron chi connectivity index (χ0n) is 12.7. The number of hydrogen-bond donors (Lipinski definition) is 1. The summed E-state index contributed by atoms with van der Waals surface area (Å²) in [4.78, 5) is 16.0. The monoisotopic (exact) mass is 291 g/mol. The molecule has 0 aliphatic carbocycles. The molecule has 2 rings (SSSR count). The molecule has 0 saturated carbocycles. The van der Waals surface area contributed by atoms with E-state index in [9.17, 15) is 4.79 Å². The highest BCUT2D eigenvalue weighted by atomic mass is 16.6. The van der Waals surface area contributed by atoms with Crippen LogP contribution in [0.4, 0.5) is 4.79 Å². The Hall–Kier alpha value is -1.59. The van der Waals surface area contributed by atoms with E-state index >= 15 is 0 Å². The van der Waals surface area contributed by atoms with Gasteiger partial charge in [0.2, 0.25) is 0 Å². The standard InChI is InChI=1S/C16H25N3O2/c1-18(11-15-7-9-19(12-15)10-8-17)16(20)21-13-14-5-3-2-4-6-14/h2-6,15H,7-13,17H2,1H3. The summed E-state index contributed by atoms with van der Waals surface area (Å²) in [7, 11) is 1.80. The van der Waals surface area contributed by atoms with Gasteiger partial charge in [-0.2, -0.15) is 0 Å². The third-order valence-corrected chi connectivity index (χ3v) is 3.86. The van der Waals surface area contributed by atoms with E-state index in [1.807, 2.05) is 30.3 Å². The summed E-state index contributed by atoms with van der Waals surface area (Å²) in [6.45, 7) is 4.81. The smallest absolute Gasteiger partial charge is 0.409 e. The largest absolute Gasteiger partial charge is 0.445 e. The summed E-state index contributed by atoms with van der Waals surface area (Å²) in [6, 6.07) is 9.74. The SMILES string of the molecule is CN(CC1CCN(CCN)C1)C(=O)OCc1ccccc1. The van der Waals surface area contributed by atoms with Crippen LogP contribution in [0.2, 0.25) is 0 Å². The van der Waals surface area contributed by atoms with Crippen LogP contribution in [0.25, 0.3) is 0 Å². The second-order valence-corrected chi connectivity index (χ2v) is 5.66. The van der Waals surface area contributed by atoms with Gasteiger partial charge < -0.3 is 20.3 Å². The van der Waals surface area contributed by atoms with Crippen LogP contribution in [-0.2, 0) is 11.3 Å². The highest BCUT2D eigenvalue weighted by Crippen LogP contribution is 2.17. The van der Waals surface area contributed by atoms with Gasteiger partial charge in [0.15, 0.2) is 0 Å². The van der Waals surface area contributed by atoms with Crippen LogP contribution in [0, 0.1) is 5.92 Å². The molecule has 1 saturated heterocycles. The fourth-order valence-corrected chi connectivity index (χ4v) is 2.74. The summed E-state index contributed by atoms with van der Waals surface area (Å²) >= 11 is 0. The fourth-order valence-electron chi connectivity index (χ4n) is 2.74. The van der Waals surface area contributed by atoms with Crippen molar-refractivity contribution >= 4 is 6.09 Å². The third-order valence-electron chi connectivity index (χ3n) is 3.86. The number of nitrogens with zero attached hydrogens (tertiary/aromatic N) is 2. The van der Waals surface area contributed by atoms with Crippen LogP contribution in [0.1, 0.15) is 12.0 Å². The molecule has 2 N–H and O–H groups in total. The lowest BCUT2D eigenvalue weighted by Crippen LogP contribution is -2.34. The summed E-state index contributed by atoms with van der Waals surface area (Å²) in [6.07, 6.45) is 0.868. The van der Waals surface area contributed by atoms with Gasteiger partial charge in [-0.3, -0.25) is 0 Å². The van der Waals surface area contributed by atoms with E-state index in [2.05, 4.69) is 4.90 Å². The lowest BCUT2D eigenvalue weighted by Gasteiger charge is -2.21. The molecule has 116 valence electrons. The Kier molecular flexibility index (Phi) is 6.02. The molecule has 0 bridgehead atoms. The van der Waals surface area contributed by atoms with Gasteiger partial charge in [0, 0.05) is 33.2 Å². The van der Waals surface area contributed by atoms with Crippen LogP contribution < -0.4 is 5.73 Å². The molecule has 1 unspecified atom stereocenters. The maximum absolute atomic E-state index is 12.0. The van der Waals surface area contributed by atoms with E-state index in [-0.39, 0.29) is 6.09 Å². The zero-order valence-corrected chi connectivity index (χ0v) is 12.7. The number of carbonyl (C=O) groups excluding carboxylic acids is 1. The first-order valence-electron chi connectivity index (χ1n) is 7.53. The van der Waals surface area contributed by atoms with Gasteiger partial charge in [0.1, 0.15) is 6.61 Å². The Bertz CT molecular complexity index is 438. The average molecular weight is 291 g/mol. The van der Waals surface area contributed by atoms with E-state index in [1.54, 1.807) is 11.9 Å². The molecule has 1 amide bonds. The predicted octanol–water partition coefficient (Wildman–Crippen LogP) is 1.54. The molecule has 1 heterocycles. The van der Waals surface area contributed by atoms with Crippen LogP contribution in [0.15, 0.2) is 30.3 Å². The summed E-state index contributed by atoms with van der Waals surface area (Å²) < 4.78 is 5.33. The van der Waals surface area contributed by atoms with Crippen molar-refractivity contribution in [2.45, 2.75) is 13.0 Å². The summed E-state index contributed by atoms with van der Waals surface area (Å²) in [5, 5.41) is 0. The number of likely N-dealkylation sites (tertiary alicyclic amines) is 1. The lowest BCUT2D eigenvalue weighted by atomic mass is 10.1. The number of rotatable bonds is 6. The molecular weight excluding hydrogens is 266 g/mol. The van der Waals surface area contributed by atoms with Crippen molar-refractivity contribution < 1.29 is 9.53 Å². The van der Waals surface area contributed by atoms with Crippen molar-refractivity contribution in [3.63, 3.8) is 0 Å². The molecule has 1 fully saturated rings. The highest BCUT2D eigenvalue weighted by Gasteiger charge is 2.24. The third kappa shape index (κ3) is 5.02. The number of carbonyl (C=O) groups is 1. The van der Waals surface area contributed by atoms with E-state index in [4.69, 9.17) is 10.5 Å². The van der Waals surface area contributed by atoms with Crippen LogP contribution in [0.5, 0.6) is 0 Å². The van der Waals surface area contributed by atoms with E-state index in [1.165, 1.54) is 0 Å². The lowest BCUT2D eigenvalue weighted by molar-refractivity contribution is 0.0997. The first-order chi connectivity index (χ1) is 10.2. The predicted molar refractivity (Wildman–Crippen MR) is 82.9 cm³/mol. The highest BCUT2D eigenvalue weighted by molar-refractivity contribution is 5.67. The van der Waals surface area contributed by atoms with Gasteiger partial charge in [0.25, 0.3) is 0 Å². The van der Waals surface area contributed by atoms with Crippen molar-refractivity contribution in [3.05, 3.63) is 35.9 Å². The minimum atomic E-state index is -0.254. The topological polar surface area (TPSA) is 58.8 Å². The molecule has 1 atom stereocenters. The Balaban J connectivity index is 1.70. The number of amides is 1. The van der Waals surface area contributed by atoms with E-state index in [0.29, 0.717) is 19.1 Å². The molecule has 5 nitrogen and oxygen atoms in total. The van der Waals surface area contributed by atoms with Crippen molar-refractivity contribution in [2.24, 2.45) is 11.7 Å². The average Bonchev–Trinajstić information content (AvgIpc) is 2.93. The van der Waals surface area contributed by atoms with Crippen molar-refractivity contribution in [3.8, 4) is 0 Å². The molecule has 0 aromatic heterocycles. The Morgan fingerprint density at radius 3 is 2.90 bits per heavy atom. The molecule has 0 spiro atoms. The van der Waals surface area contributed by atoms with Gasteiger partial charge in [-0.05, 0) is 24.4 Å².